The molecule has 0 N–H and O–H groups in total. The number of aryl methyl sites for hydroxylation is 1. The molecule has 11 heavy (non-hydrogen) atoms. The lowest BCUT2D eigenvalue weighted by atomic mass is 10.1. The van der Waals surface area contributed by atoms with Crippen molar-refractivity contribution in [2.75, 3.05) is 11.4 Å². The van der Waals surface area contributed by atoms with Crippen molar-refractivity contribution in [1.82, 2.24) is 0 Å². The predicted octanol–water partition coefficient (Wildman–Crippen LogP) is 1.44. The summed E-state index contributed by atoms with van der Waals surface area (Å²) in [5.74, 6) is 0. The van der Waals surface area contributed by atoms with Gasteiger partial charge < -0.3 is 4.81 Å². The van der Waals surface area contributed by atoms with Crippen molar-refractivity contribution >= 4 is 13.7 Å². The van der Waals surface area contributed by atoms with E-state index in [0.29, 0.717) is 0 Å². The highest BCUT2D eigenvalue weighted by molar-refractivity contribution is 6.18. The Morgan fingerprint density at radius 3 is 3.09 bits per heavy atom. The highest BCUT2D eigenvalue weighted by Crippen LogP contribution is 2.26. The second kappa shape index (κ2) is 2.30. The van der Waals surface area contributed by atoms with Gasteiger partial charge in [0.2, 0.25) is 7.98 Å². The van der Waals surface area contributed by atoms with E-state index in [1.807, 2.05) is 4.81 Å². The fourth-order valence-corrected chi connectivity index (χ4v) is 1.56. The van der Waals surface area contributed by atoms with Crippen LogP contribution in [0, 0.1) is 6.92 Å². The summed E-state index contributed by atoms with van der Waals surface area (Å²) in [6, 6.07) is 6.41. The molecular formula is C9H10BN. The molecule has 1 aliphatic rings. The molecule has 1 nitrogen and oxygen atoms in total. The molecule has 0 bridgehead atoms. The molecule has 0 saturated heterocycles. The Morgan fingerprint density at radius 2 is 2.27 bits per heavy atom. The molecule has 1 aliphatic heterocycles. The molecule has 1 heterocycles. The van der Waals surface area contributed by atoms with Gasteiger partial charge in [-0.3, -0.25) is 0 Å². The van der Waals surface area contributed by atoms with Crippen molar-refractivity contribution in [3.05, 3.63) is 29.3 Å². The van der Waals surface area contributed by atoms with Gasteiger partial charge in [0, 0.05) is 12.2 Å². The monoisotopic (exact) mass is 143 g/mol. The average molecular weight is 143 g/mol. The van der Waals surface area contributed by atoms with Crippen LogP contribution in [0.3, 0.4) is 0 Å². The van der Waals surface area contributed by atoms with E-state index in [0.717, 1.165) is 13.0 Å². The second-order valence-corrected chi connectivity index (χ2v) is 3.08. The van der Waals surface area contributed by atoms with Crippen LogP contribution in [0.1, 0.15) is 11.1 Å². The van der Waals surface area contributed by atoms with E-state index in [9.17, 15) is 0 Å². The standard InChI is InChI=1S/C9H10BN/c1-7-2-3-9-8(6-7)4-5-11(9)10/h2-3,6H,4-5H2,1H3. The summed E-state index contributed by atoms with van der Waals surface area (Å²) in [6.45, 7) is 3.07. The van der Waals surface area contributed by atoms with Crippen LogP contribution in [0.4, 0.5) is 5.69 Å². The van der Waals surface area contributed by atoms with E-state index in [-0.39, 0.29) is 0 Å². The Balaban J connectivity index is 2.50. The number of hydrogen-bond donors (Lipinski definition) is 0. The topological polar surface area (TPSA) is 3.24 Å². The molecule has 54 valence electrons. The van der Waals surface area contributed by atoms with E-state index in [1.54, 1.807) is 0 Å². The van der Waals surface area contributed by atoms with Crippen LogP contribution in [-0.4, -0.2) is 14.5 Å². The molecule has 2 heteroatoms. The number of benzene rings is 1. The minimum absolute atomic E-state index is 0.957. The molecule has 1 aromatic carbocycles. The van der Waals surface area contributed by atoms with Crippen LogP contribution < -0.4 is 4.81 Å². The quantitative estimate of drug-likeness (QED) is 0.496. The van der Waals surface area contributed by atoms with Crippen LogP contribution in [0.25, 0.3) is 0 Å². The predicted molar refractivity (Wildman–Crippen MR) is 48.0 cm³/mol. The fourth-order valence-electron chi connectivity index (χ4n) is 1.56. The molecule has 0 aromatic heterocycles. The van der Waals surface area contributed by atoms with Gasteiger partial charge in [-0.25, -0.2) is 0 Å². The van der Waals surface area contributed by atoms with Crippen molar-refractivity contribution in [1.29, 1.82) is 0 Å². The highest BCUT2D eigenvalue weighted by atomic mass is 15.1. The number of anilines is 1. The third-order valence-corrected chi connectivity index (χ3v) is 2.17. The smallest absolute Gasteiger partial charge is 0.226 e. The van der Waals surface area contributed by atoms with Gasteiger partial charge in [-0.15, -0.1) is 0 Å². The molecule has 0 amide bonds. The zero-order valence-corrected chi connectivity index (χ0v) is 6.67. The number of nitrogens with zero attached hydrogens (tertiary/aromatic N) is 1. The molecule has 0 saturated carbocycles. The van der Waals surface area contributed by atoms with Crippen molar-refractivity contribution in [3.63, 3.8) is 0 Å². The SMILES string of the molecule is [B]N1CCc2cc(C)ccc21. The Bertz CT molecular complexity index is 283. The number of rotatable bonds is 0. The van der Waals surface area contributed by atoms with Crippen molar-refractivity contribution in [2.45, 2.75) is 13.3 Å². The van der Waals surface area contributed by atoms with E-state index in [2.05, 4.69) is 25.1 Å². The fraction of sp³-hybridized carbons (Fsp3) is 0.333. The Kier molecular flexibility index (Phi) is 1.41. The third kappa shape index (κ3) is 1.03. The van der Waals surface area contributed by atoms with Gasteiger partial charge in [0.05, 0.1) is 0 Å². The molecule has 0 fully saturated rings. The van der Waals surface area contributed by atoms with Crippen molar-refractivity contribution in [3.8, 4) is 0 Å². The second-order valence-electron chi connectivity index (χ2n) is 3.08. The van der Waals surface area contributed by atoms with Crippen LogP contribution in [0.5, 0.6) is 0 Å². The summed E-state index contributed by atoms with van der Waals surface area (Å²) >= 11 is 0. The lowest BCUT2D eigenvalue weighted by Gasteiger charge is -2.11. The van der Waals surface area contributed by atoms with E-state index >= 15 is 0 Å². The van der Waals surface area contributed by atoms with Gasteiger partial charge >= 0.3 is 0 Å². The van der Waals surface area contributed by atoms with Crippen molar-refractivity contribution < 1.29 is 0 Å². The first kappa shape index (κ1) is 6.77. The van der Waals surface area contributed by atoms with E-state index in [1.165, 1.54) is 16.8 Å². The molecule has 2 rings (SSSR count). The summed E-state index contributed by atoms with van der Waals surface area (Å²) in [5, 5.41) is 0. The molecule has 2 radical (unpaired) electrons. The van der Waals surface area contributed by atoms with Gasteiger partial charge in [-0.1, -0.05) is 17.7 Å². The molecular weight excluding hydrogens is 133 g/mol. The van der Waals surface area contributed by atoms with Gasteiger partial charge in [-0.05, 0) is 25.0 Å². The zero-order valence-electron chi connectivity index (χ0n) is 6.67. The van der Waals surface area contributed by atoms with Crippen LogP contribution >= 0.6 is 0 Å². The number of fused-ring (bicyclic) bond motifs is 1. The molecule has 0 spiro atoms. The maximum atomic E-state index is 5.73. The average Bonchev–Trinajstić information content (AvgIpc) is 2.32. The molecule has 0 atom stereocenters. The van der Waals surface area contributed by atoms with Crippen LogP contribution in [-0.2, 0) is 6.42 Å². The maximum absolute atomic E-state index is 5.73. The Morgan fingerprint density at radius 1 is 1.45 bits per heavy atom. The summed E-state index contributed by atoms with van der Waals surface area (Å²) in [4.78, 5) is 1.81. The largest absolute Gasteiger partial charge is 0.424 e. The first-order valence-corrected chi connectivity index (χ1v) is 3.89. The summed E-state index contributed by atoms with van der Waals surface area (Å²) in [5.41, 5.74) is 3.89. The van der Waals surface area contributed by atoms with Crippen LogP contribution in [0.15, 0.2) is 18.2 Å². The minimum atomic E-state index is 0.957. The molecule has 1 aromatic rings. The first-order valence-electron chi connectivity index (χ1n) is 3.89. The zero-order chi connectivity index (χ0) is 7.84. The van der Waals surface area contributed by atoms with Gasteiger partial charge in [0.25, 0.3) is 0 Å². The van der Waals surface area contributed by atoms with E-state index in [4.69, 9.17) is 7.98 Å². The molecule has 0 aliphatic carbocycles. The van der Waals surface area contributed by atoms with Gasteiger partial charge in [0.15, 0.2) is 0 Å². The number of hydrogen-bond acceptors (Lipinski definition) is 1. The summed E-state index contributed by atoms with van der Waals surface area (Å²) < 4.78 is 0. The highest BCUT2D eigenvalue weighted by Gasteiger charge is 2.13. The minimum Gasteiger partial charge on any atom is -0.424 e. The summed E-state index contributed by atoms with van der Waals surface area (Å²) in [6.07, 6.45) is 1.09. The first-order chi connectivity index (χ1) is 5.27. The molecule has 0 unspecified atom stereocenters. The summed E-state index contributed by atoms with van der Waals surface area (Å²) in [7, 11) is 5.73. The Labute approximate surface area is 68.5 Å². The normalized spacial score (nSPS) is 15.2. The third-order valence-electron chi connectivity index (χ3n) is 2.17. The lowest BCUT2D eigenvalue weighted by molar-refractivity contribution is 1.05. The van der Waals surface area contributed by atoms with Crippen LogP contribution in [0.2, 0.25) is 0 Å². The maximum Gasteiger partial charge on any atom is 0.226 e. The van der Waals surface area contributed by atoms with E-state index < -0.39 is 0 Å². The van der Waals surface area contributed by atoms with Gasteiger partial charge in [0.1, 0.15) is 0 Å². The van der Waals surface area contributed by atoms with Crippen molar-refractivity contribution in [2.24, 2.45) is 0 Å². The Hall–Kier alpha value is -0.915. The lowest BCUT2D eigenvalue weighted by Crippen LogP contribution is -2.14. The van der Waals surface area contributed by atoms with Gasteiger partial charge in [-0.2, -0.15) is 0 Å².